The summed E-state index contributed by atoms with van der Waals surface area (Å²) in [6.45, 7) is 3.90. The zero-order valence-corrected chi connectivity index (χ0v) is 11.6. The molecule has 1 aromatic heterocycles. The molecule has 0 bridgehead atoms. The summed E-state index contributed by atoms with van der Waals surface area (Å²) in [4.78, 5) is 20.1. The number of aromatic nitrogens is 2. The SMILES string of the molecule is CC(=O)c1cccc(-c2ncc(C)c(NCCO)n2)c1. The number of carbonyl (C=O) groups excluding carboxylic acids is 1. The van der Waals surface area contributed by atoms with Crippen LogP contribution in [-0.2, 0) is 0 Å². The minimum absolute atomic E-state index is 0.0117. The smallest absolute Gasteiger partial charge is 0.161 e. The standard InChI is InChI=1S/C15H17N3O2/c1-10-9-17-15(18-14(10)16-6-7-19)13-5-3-4-12(8-13)11(2)20/h3-5,8-9,19H,6-7H2,1-2H3,(H,16,17,18). The zero-order valence-electron chi connectivity index (χ0n) is 11.6. The average molecular weight is 271 g/mol. The van der Waals surface area contributed by atoms with E-state index < -0.39 is 0 Å². The van der Waals surface area contributed by atoms with Crippen LogP contribution >= 0.6 is 0 Å². The fourth-order valence-electron chi connectivity index (χ4n) is 1.81. The van der Waals surface area contributed by atoms with Gasteiger partial charge in [-0.1, -0.05) is 18.2 Å². The molecule has 0 fully saturated rings. The third kappa shape index (κ3) is 3.19. The van der Waals surface area contributed by atoms with Crippen molar-refractivity contribution in [3.05, 3.63) is 41.6 Å². The molecule has 1 heterocycles. The summed E-state index contributed by atoms with van der Waals surface area (Å²) < 4.78 is 0. The van der Waals surface area contributed by atoms with Crippen molar-refractivity contribution in [2.75, 3.05) is 18.5 Å². The molecule has 2 N–H and O–H groups in total. The summed E-state index contributed by atoms with van der Waals surface area (Å²) in [6, 6.07) is 7.23. The third-order valence-corrected chi connectivity index (χ3v) is 2.90. The summed E-state index contributed by atoms with van der Waals surface area (Å²) in [6.07, 6.45) is 1.72. The number of hydrogen-bond donors (Lipinski definition) is 2. The quantitative estimate of drug-likeness (QED) is 0.814. The lowest BCUT2D eigenvalue weighted by atomic mass is 10.1. The number of aliphatic hydroxyl groups excluding tert-OH is 1. The minimum Gasteiger partial charge on any atom is -0.395 e. The molecule has 5 nitrogen and oxygen atoms in total. The van der Waals surface area contributed by atoms with Crippen LogP contribution in [0.15, 0.2) is 30.5 Å². The number of nitrogens with one attached hydrogen (secondary N) is 1. The monoisotopic (exact) mass is 271 g/mol. The molecule has 1 aromatic carbocycles. The first kappa shape index (κ1) is 14.1. The Morgan fingerprint density at radius 3 is 2.90 bits per heavy atom. The van der Waals surface area contributed by atoms with Crippen molar-refractivity contribution >= 4 is 11.6 Å². The van der Waals surface area contributed by atoms with Crippen LogP contribution in [0.4, 0.5) is 5.82 Å². The normalized spacial score (nSPS) is 10.3. The lowest BCUT2D eigenvalue weighted by molar-refractivity contribution is 0.101. The molecule has 20 heavy (non-hydrogen) atoms. The Kier molecular flexibility index (Phi) is 4.42. The number of rotatable bonds is 5. The number of hydrogen-bond acceptors (Lipinski definition) is 5. The second kappa shape index (κ2) is 6.25. The Morgan fingerprint density at radius 2 is 2.20 bits per heavy atom. The van der Waals surface area contributed by atoms with Crippen LogP contribution < -0.4 is 5.32 Å². The highest BCUT2D eigenvalue weighted by Crippen LogP contribution is 2.20. The second-order valence-corrected chi connectivity index (χ2v) is 4.51. The third-order valence-electron chi connectivity index (χ3n) is 2.90. The fourth-order valence-corrected chi connectivity index (χ4v) is 1.81. The van der Waals surface area contributed by atoms with E-state index in [0.29, 0.717) is 23.8 Å². The van der Waals surface area contributed by atoms with Gasteiger partial charge in [0.1, 0.15) is 5.82 Å². The van der Waals surface area contributed by atoms with Gasteiger partial charge in [-0.25, -0.2) is 9.97 Å². The van der Waals surface area contributed by atoms with Gasteiger partial charge in [0.25, 0.3) is 0 Å². The number of aryl methyl sites for hydroxylation is 1. The fraction of sp³-hybridized carbons (Fsp3) is 0.267. The van der Waals surface area contributed by atoms with E-state index >= 15 is 0 Å². The number of nitrogens with zero attached hydrogens (tertiary/aromatic N) is 2. The van der Waals surface area contributed by atoms with Crippen molar-refractivity contribution in [1.29, 1.82) is 0 Å². The predicted molar refractivity (Wildman–Crippen MR) is 77.8 cm³/mol. The Morgan fingerprint density at radius 1 is 1.40 bits per heavy atom. The van der Waals surface area contributed by atoms with Gasteiger partial charge in [0.2, 0.25) is 0 Å². The maximum absolute atomic E-state index is 11.4. The second-order valence-electron chi connectivity index (χ2n) is 4.51. The van der Waals surface area contributed by atoms with Crippen molar-refractivity contribution in [3.63, 3.8) is 0 Å². The van der Waals surface area contributed by atoms with Crippen LogP contribution in [-0.4, -0.2) is 34.0 Å². The minimum atomic E-state index is 0.0117. The molecule has 2 rings (SSSR count). The molecule has 0 unspecified atom stereocenters. The van der Waals surface area contributed by atoms with Crippen LogP contribution in [0.2, 0.25) is 0 Å². The molecule has 0 aliphatic carbocycles. The molecule has 0 atom stereocenters. The molecule has 2 aromatic rings. The Balaban J connectivity index is 2.37. The van der Waals surface area contributed by atoms with Crippen LogP contribution in [0.5, 0.6) is 0 Å². The molecule has 0 saturated carbocycles. The summed E-state index contributed by atoms with van der Waals surface area (Å²) in [7, 11) is 0. The van der Waals surface area contributed by atoms with Gasteiger partial charge in [-0.3, -0.25) is 4.79 Å². The van der Waals surface area contributed by atoms with E-state index in [1.165, 1.54) is 6.92 Å². The molecular weight excluding hydrogens is 254 g/mol. The van der Waals surface area contributed by atoms with Gasteiger partial charge in [-0.2, -0.15) is 0 Å². The Hall–Kier alpha value is -2.27. The van der Waals surface area contributed by atoms with E-state index in [9.17, 15) is 4.79 Å². The van der Waals surface area contributed by atoms with Crippen molar-refractivity contribution in [3.8, 4) is 11.4 Å². The summed E-state index contributed by atoms with van der Waals surface area (Å²) >= 11 is 0. The van der Waals surface area contributed by atoms with Crippen molar-refractivity contribution < 1.29 is 9.90 Å². The average Bonchev–Trinajstić information content (AvgIpc) is 2.46. The van der Waals surface area contributed by atoms with Gasteiger partial charge >= 0.3 is 0 Å². The first-order chi connectivity index (χ1) is 9.61. The van der Waals surface area contributed by atoms with Gasteiger partial charge in [-0.05, 0) is 19.9 Å². The predicted octanol–water partition coefficient (Wildman–Crippen LogP) is 2.06. The Bertz CT molecular complexity index is 626. The first-order valence-corrected chi connectivity index (χ1v) is 6.41. The van der Waals surface area contributed by atoms with Crippen LogP contribution in [0.3, 0.4) is 0 Å². The maximum Gasteiger partial charge on any atom is 0.161 e. The van der Waals surface area contributed by atoms with E-state index in [0.717, 1.165) is 11.1 Å². The van der Waals surface area contributed by atoms with Gasteiger partial charge in [0.05, 0.1) is 6.61 Å². The van der Waals surface area contributed by atoms with Gasteiger partial charge in [0.15, 0.2) is 11.6 Å². The molecule has 0 spiro atoms. The van der Waals surface area contributed by atoms with Crippen LogP contribution in [0.1, 0.15) is 22.8 Å². The Labute approximate surface area is 117 Å². The molecule has 0 aliphatic rings. The molecule has 0 aliphatic heterocycles. The molecular formula is C15H17N3O2. The van der Waals surface area contributed by atoms with E-state index in [4.69, 9.17) is 5.11 Å². The summed E-state index contributed by atoms with van der Waals surface area (Å²) in [5, 5.41) is 11.9. The van der Waals surface area contributed by atoms with Crippen LogP contribution in [0, 0.1) is 6.92 Å². The highest BCUT2D eigenvalue weighted by Gasteiger charge is 2.07. The van der Waals surface area contributed by atoms with E-state index in [-0.39, 0.29) is 12.4 Å². The van der Waals surface area contributed by atoms with E-state index in [1.807, 2.05) is 19.1 Å². The molecule has 5 heteroatoms. The molecule has 0 saturated heterocycles. The lowest BCUT2D eigenvalue weighted by Gasteiger charge is -2.09. The molecule has 0 amide bonds. The van der Waals surface area contributed by atoms with Gasteiger partial charge < -0.3 is 10.4 Å². The van der Waals surface area contributed by atoms with E-state index in [1.54, 1.807) is 18.3 Å². The molecule has 104 valence electrons. The highest BCUT2D eigenvalue weighted by atomic mass is 16.3. The van der Waals surface area contributed by atoms with Crippen molar-refractivity contribution in [1.82, 2.24) is 9.97 Å². The largest absolute Gasteiger partial charge is 0.395 e. The van der Waals surface area contributed by atoms with Gasteiger partial charge in [-0.15, -0.1) is 0 Å². The summed E-state index contributed by atoms with van der Waals surface area (Å²) in [5.74, 6) is 1.26. The van der Waals surface area contributed by atoms with Crippen molar-refractivity contribution in [2.24, 2.45) is 0 Å². The first-order valence-electron chi connectivity index (χ1n) is 6.41. The van der Waals surface area contributed by atoms with Gasteiger partial charge in [0, 0.05) is 29.4 Å². The summed E-state index contributed by atoms with van der Waals surface area (Å²) in [5.41, 5.74) is 2.34. The molecule has 0 radical (unpaired) electrons. The van der Waals surface area contributed by atoms with E-state index in [2.05, 4.69) is 15.3 Å². The lowest BCUT2D eigenvalue weighted by Crippen LogP contribution is -2.09. The number of ketones is 1. The number of benzene rings is 1. The number of aliphatic hydroxyl groups is 1. The number of carbonyl (C=O) groups is 1. The zero-order chi connectivity index (χ0) is 14.5. The van der Waals surface area contributed by atoms with Crippen molar-refractivity contribution in [2.45, 2.75) is 13.8 Å². The highest BCUT2D eigenvalue weighted by molar-refractivity contribution is 5.95. The number of anilines is 1. The topological polar surface area (TPSA) is 75.1 Å². The number of Topliss-reactive ketones (excluding diaryl/α,β-unsaturated/α-hetero) is 1. The maximum atomic E-state index is 11.4. The van der Waals surface area contributed by atoms with Crippen LogP contribution in [0.25, 0.3) is 11.4 Å².